The van der Waals surface area contributed by atoms with Crippen LogP contribution < -0.4 is 14.7 Å². The normalized spacial score (nSPS) is 12.8. The molecule has 21 aromatic rings. The van der Waals surface area contributed by atoms with Crippen molar-refractivity contribution in [3.63, 3.8) is 0 Å². The molecule has 0 unspecified atom stereocenters. The summed E-state index contributed by atoms with van der Waals surface area (Å²) in [5.74, 6) is 0. The Hall–Kier alpha value is -16.7. The third-order valence-electron chi connectivity index (χ3n) is 28.3. The lowest BCUT2D eigenvalue weighted by Crippen LogP contribution is -2.21. The first kappa shape index (κ1) is 84.8. The topological polar surface area (TPSA) is 9.72 Å². The fraction of sp³-hybridized carbons (Fsp3) is 0.0677. The van der Waals surface area contributed by atoms with Crippen LogP contribution in [0.4, 0.5) is 51.2 Å². The minimum absolute atomic E-state index is 0.0174. The molecule has 3 nitrogen and oxygen atoms in total. The van der Waals surface area contributed by atoms with Crippen molar-refractivity contribution in [3.8, 4) is 122 Å². The number of anilines is 9. The van der Waals surface area contributed by atoms with E-state index in [0.717, 1.165) is 34.1 Å². The van der Waals surface area contributed by atoms with E-state index in [9.17, 15) is 0 Å². The Balaban J connectivity index is 0.000000119. The highest BCUT2D eigenvalue weighted by atomic mass is 15.2. The Bertz CT molecular complexity index is 7720. The minimum atomic E-state index is -0.244. The number of nitrogens with zero attached hydrogens (tertiary/aromatic N) is 3. The fourth-order valence-corrected chi connectivity index (χ4v) is 21.3. The SMILES string of the molecule is CC1(C)c2ccccc2-c2c(-c3ccccc3-c3ccccc3)ccc(N(c3ccc(-c4ccccc4)cc3)c3cccc4ccccc34)c21.CC1(C)c2ccccc2-c2c(N(c3ccc(-c4ccccc4)cc3)c3ccc(-c4ccccc4)cc3)cccc21.CC1(C)c2ccccc2-c2ccc(-c3ccc(N(c4ccc(-c5ccccc5)cc4)c4ccc(-c5ccccc5)cc4)cc3)cc21. The minimum Gasteiger partial charge on any atom is -0.311 e. The summed E-state index contributed by atoms with van der Waals surface area (Å²) in [6.07, 6.45) is 0. The Labute approximate surface area is 800 Å². The molecule has 0 heterocycles. The predicted octanol–water partition coefficient (Wildman–Crippen LogP) is 36.9. The molecule has 0 spiro atoms. The van der Waals surface area contributed by atoms with E-state index in [1.807, 2.05) is 0 Å². The summed E-state index contributed by atoms with van der Waals surface area (Å²) in [5.41, 5.74) is 45.9. The monoisotopic (exact) mass is 1740 g/mol. The first-order valence-corrected chi connectivity index (χ1v) is 47.4. The summed E-state index contributed by atoms with van der Waals surface area (Å²) < 4.78 is 0. The van der Waals surface area contributed by atoms with E-state index in [2.05, 4.69) is 572 Å². The van der Waals surface area contributed by atoms with Crippen LogP contribution in [-0.4, -0.2) is 0 Å². The van der Waals surface area contributed by atoms with Crippen molar-refractivity contribution in [2.24, 2.45) is 0 Å². The van der Waals surface area contributed by atoms with Gasteiger partial charge >= 0.3 is 0 Å². The second-order valence-electron chi connectivity index (χ2n) is 37.4. The molecular formula is C133H103N3. The lowest BCUT2D eigenvalue weighted by molar-refractivity contribution is 0.660. The standard InChI is InChI=1S/C49H37N.C45H35N.C39H31N/c1-49(2)44-26-14-13-25-43(44)47-42(41-24-12-11-22-39(41)36-18-7-4-8-19-36)32-33-46(48(47)49)50(45-27-15-21-37-20-9-10-23-40(37)45)38-30-28-35(29-31-38)34-16-5-3-6-17-34;1-45(2)43-16-10-9-15-41(43)42-30-23-37(31-44(42)45)36-21-28-40(29-22-36)46(38-24-17-34(18-25-38)32-11-5-3-6-12-32)39-26-19-35(20-27-39)33-13-7-4-8-14-33;1-39(2)35-17-10-9-16-34(35)38-36(39)18-11-19-37(38)40(32-24-20-30(21-25-32)28-12-5-3-6-13-28)33-26-22-31(23-27-33)29-14-7-4-8-15-29/h3-33H,1-2H3;3-31H,1-2H3;3-27H,1-2H3. The van der Waals surface area contributed by atoms with Crippen molar-refractivity contribution in [3.05, 3.63) is 549 Å². The van der Waals surface area contributed by atoms with Gasteiger partial charge in [-0.05, 0) is 253 Å². The molecule has 0 N–H and O–H groups in total. The first-order chi connectivity index (χ1) is 66.8. The van der Waals surface area contributed by atoms with Crippen LogP contribution in [0.3, 0.4) is 0 Å². The lowest BCUT2D eigenvalue weighted by Gasteiger charge is -2.33. The molecule has 0 amide bonds. The Morgan fingerprint density at radius 1 is 0.147 bits per heavy atom. The van der Waals surface area contributed by atoms with E-state index in [-0.39, 0.29) is 16.2 Å². The Kier molecular flexibility index (Phi) is 22.5. The number of fused-ring (bicyclic) bond motifs is 10. The van der Waals surface area contributed by atoms with Crippen LogP contribution in [-0.2, 0) is 16.2 Å². The van der Waals surface area contributed by atoms with E-state index in [0.29, 0.717) is 0 Å². The number of hydrogen-bond acceptors (Lipinski definition) is 3. The quantitative estimate of drug-likeness (QED) is 0.0900. The molecule has 3 aliphatic rings. The molecule has 3 heteroatoms. The zero-order chi connectivity index (χ0) is 91.9. The van der Waals surface area contributed by atoms with E-state index in [4.69, 9.17) is 0 Å². The van der Waals surface area contributed by atoms with Crippen LogP contribution in [0.25, 0.3) is 133 Å². The maximum absolute atomic E-state index is 2.50. The van der Waals surface area contributed by atoms with Crippen molar-refractivity contribution >= 4 is 62.0 Å². The summed E-state index contributed by atoms with van der Waals surface area (Å²) in [6, 6.07) is 187. The van der Waals surface area contributed by atoms with E-state index >= 15 is 0 Å². The van der Waals surface area contributed by atoms with Crippen LogP contribution in [0.5, 0.6) is 0 Å². The van der Waals surface area contributed by atoms with E-state index in [1.165, 1.54) is 184 Å². The summed E-state index contributed by atoms with van der Waals surface area (Å²) in [5, 5.41) is 2.45. The van der Waals surface area contributed by atoms with Crippen molar-refractivity contribution < 1.29 is 0 Å². The molecule has 3 aliphatic carbocycles. The molecule has 0 radical (unpaired) electrons. The zero-order valence-corrected chi connectivity index (χ0v) is 77.4. The van der Waals surface area contributed by atoms with Gasteiger partial charge in [0.25, 0.3) is 0 Å². The van der Waals surface area contributed by atoms with Crippen LogP contribution in [0.2, 0.25) is 0 Å². The van der Waals surface area contributed by atoms with Crippen molar-refractivity contribution in [1.29, 1.82) is 0 Å². The van der Waals surface area contributed by atoms with Crippen molar-refractivity contribution in [1.82, 2.24) is 0 Å². The van der Waals surface area contributed by atoms with Crippen LogP contribution >= 0.6 is 0 Å². The van der Waals surface area contributed by atoms with Gasteiger partial charge in [-0.1, -0.05) is 460 Å². The van der Waals surface area contributed by atoms with Gasteiger partial charge < -0.3 is 14.7 Å². The van der Waals surface area contributed by atoms with Gasteiger partial charge in [-0.3, -0.25) is 0 Å². The second-order valence-corrected chi connectivity index (χ2v) is 37.4. The molecule has 0 saturated carbocycles. The second kappa shape index (κ2) is 36.1. The summed E-state index contributed by atoms with van der Waals surface area (Å²) in [6.45, 7) is 14.2. The van der Waals surface area contributed by atoms with Gasteiger partial charge in [-0.25, -0.2) is 0 Å². The highest BCUT2D eigenvalue weighted by Gasteiger charge is 2.43. The maximum atomic E-state index is 2.50. The van der Waals surface area contributed by atoms with Gasteiger partial charge in [-0.2, -0.15) is 0 Å². The number of benzene rings is 21. The summed E-state index contributed by atoms with van der Waals surface area (Å²) in [7, 11) is 0. The smallest absolute Gasteiger partial charge is 0.0543 e. The van der Waals surface area contributed by atoms with Crippen LogP contribution in [0.15, 0.2) is 516 Å². The molecule has 24 rings (SSSR count). The molecular weight excluding hydrogens is 1640 g/mol. The molecule has 0 aliphatic heterocycles. The number of hydrogen-bond donors (Lipinski definition) is 0. The van der Waals surface area contributed by atoms with Gasteiger partial charge in [0.2, 0.25) is 0 Å². The molecule has 0 bridgehead atoms. The third kappa shape index (κ3) is 15.9. The number of rotatable bonds is 17. The molecule has 21 aromatic carbocycles. The van der Waals surface area contributed by atoms with Crippen molar-refractivity contribution in [2.75, 3.05) is 14.7 Å². The molecule has 650 valence electrons. The van der Waals surface area contributed by atoms with Gasteiger partial charge in [0.15, 0.2) is 0 Å². The van der Waals surface area contributed by atoms with Crippen LogP contribution in [0.1, 0.15) is 74.9 Å². The average molecular weight is 1740 g/mol. The Morgan fingerprint density at radius 3 is 0.890 bits per heavy atom. The van der Waals surface area contributed by atoms with E-state index < -0.39 is 0 Å². The summed E-state index contributed by atoms with van der Waals surface area (Å²) >= 11 is 0. The maximum Gasteiger partial charge on any atom is 0.0543 e. The highest BCUT2D eigenvalue weighted by molar-refractivity contribution is 6.05. The Morgan fingerprint density at radius 2 is 0.434 bits per heavy atom. The average Bonchev–Trinajstić information content (AvgIpc) is 1.54. The summed E-state index contributed by atoms with van der Waals surface area (Å²) in [4.78, 5) is 7.26. The molecule has 0 atom stereocenters. The largest absolute Gasteiger partial charge is 0.311 e. The first-order valence-electron chi connectivity index (χ1n) is 47.4. The van der Waals surface area contributed by atoms with Crippen molar-refractivity contribution in [2.45, 2.75) is 57.8 Å². The van der Waals surface area contributed by atoms with Gasteiger partial charge in [0.1, 0.15) is 0 Å². The van der Waals surface area contributed by atoms with Gasteiger partial charge in [-0.15, -0.1) is 0 Å². The fourth-order valence-electron chi connectivity index (χ4n) is 21.3. The van der Waals surface area contributed by atoms with Gasteiger partial charge in [0.05, 0.1) is 17.1 Å². The predicted molar refractivity (Wildman–Crippen MR) is 577 cm³/mol. The highest BCUT2D eigenvalue weighted by Crippen LogP contribution is 2.60. The molecule has 0 saturated heterocycles. The lowest BCUT2D eigenvalue weighted by atomic mass is 9.80. The third-order valence-corrected chi connectivity index (χ3v) is 28.3. The molecule has 0 aromatic heterocycles. The van der Waals surface area contributed by atoms with E-state index in [1.54, 1.807) is 0 Å². The van der Waals surface area contributed by atoms with Gasteiger partial charge in [0, 0.05) is 61.3 Å². The molecule has 136 heavy (non-hydrogen) atoms. The zero-order valence-electron chi connectivity index (χ0n) is 77.4. The molecule has 0 fully saturated rings. The van der Waals surface area contributed by atoms with Crippen LogP contribution in [0, 0.1) is 0 Å².